The van der Waals surface area contributed by atoms with E-state index in [1.54, 1.807) is 6.20 Å². The molecule has 0 saturated heterocycles. The van der Waals surface area contributed by atoms with Crippen molar-refractivity contribution in [2.45, 2.75) is 0 Å². The van der Waals surface area contributed by atoms with Crippen LogP contribution in [0.2, 0.25) is 0 Å². The molecule has 0 aliphatic heterocycles. The van der Waals surface area contributed by atoms with E-state index in [0.29, 0.717) is 0 Å². The summed E-state index contributed by atoms with van der Waals surface area (Å²) < 4.78 is 0. The molecule has 15 heavy (non-hydrogen) atoms. The highest BCUT2D eigenvalue weighted by atomic mass is 14.6. The highest BCUT2D eigenvalue weighted by Crippen LogP contribution is 2.13. The number of anilines is 1. The molecule has 2 N–H and O–H groups in total. The van der Waals surface area contributed by atoms with E-state index >= 15 is 0 Å². The van der Waals surface area contributed by atoms with Crippen LogP contribution in [0, 0.1) is 0 Å². The number of nitrogens with two attached hydrogens (primary N) is 1. The molecule has 0 radical (unpaired) electrons. The Hall–Kier alpha value is -2.09. The van der Waals surface area contributed by atoms with Crippen LogP contribution in [0.1, 0.15) is 11.1 Å². The average molecular weight is 196 g/mol. The predicted molar refractivity (Wildman–Crippen MR) is 64.0 cm³/mol. The number of benzene rings is 1. The summed E-state index contributed by atoms with van der Waals surface area (Å²) in [6, 6.07) is 11.7. The number of pyridine rings is 1. The number of aromatic nitrogens is 1. The Balaban J connectivity index is 2.23. The van der Waals surface area contributed by atoms with Crippen molar-refractivity contribution in [3.05, 3.63) is 59.9 Å². The van der Waals surface area contributed by atoms with Crippen molar-refractivity contribution in [3.8, 4) is 0 Å². The molecule has 0 bridgehead atoms. The van der Waals surface area contributed by atoms with E-state index in [9.17, 15) is 0 Å². The quantitative estimate of drug-likeness (QED) is 0.750. The van der Waals surface area contributed by atoms with Crippen LogP contribution in [0.15, 0.2) is 48.8 Å². The molecule has 0 aliphatic carbocycles. The smallest absolute Gasteiger partial charge is 0.0387 e. The normalized spacial score (nSPS) is 10.7. The third-order valence-electron chi connectivity index (χ3n) is 2.14. The molecular weight excluding hydrogens is 184 g/mol. The lowest BCUT2D eigenvalue weighted by Crippen LogP contribution is -1.87. The first-order chi connectivity index (χ1) is 7.36. The molecule has 0 saturated carbocycles. The van der Waals surface area contributed by atoms with E-state index in [2.05, 4.69) is 4.98 Å². The zero-order chi connectivity index (χ0) is 10.5. The molecule has 1 heterocycles. The van der Waals surface area contributed by atoms with E-state index in [4.69, 9.17) is 5.73 Å². The molecule has 0 amide bonds. The lowest BCUT2D eigenvalue weighted by atomic mass is 10.1. The first-order valence-corrected chi connectivity index (χ1v) is 4.79. The fourth-order valence-electron chi connectivity index (χ4n) is 1.32. The van der Waals surface area contributed by atoms with Gasteiger partial charge < -0.3 is 5.73 Å². The molecule has 1 aromatic carbocycles. The van der Waals surface area contributed by atoms with Gasteiger partial charge in [-0.15, -0.1) is 0 Å². The van der Waals surface area contributed by atoms with Gasteiger partial charge in [0.25, 0.3) is 0 Å². The van der Waals surface area contributed by atoms with E-state index in [0.717, 1.165) is 16.8 Å². The lowest BCUT2D eigenvalue weighted by molar-refractivity contribution is 1.32. The SMILES string of the molecule is Nc1ccccc1/C=C/c1cccnc1. The molecule has 0 fully saturated rings. The maximum atomic E-state index is 5.82. The maximum absolute atomic E-state index is 5.82. The van der Waals surface area contributed by atoms with Gasteiger partial charge in [-0.05, 0) is 23.3 Å². The van der Waals surface area contributed by atoms with Crippen LogP contribution in [-0.2, 0) is 0 Å². The Morgan fingerprint density at radius 3 is 2.60 bits per heavy atom. The number of nitrogens with zero attached hydrogens (tertiary/aromatic N) is 1. The van der Waals surface area contributed by atoms with Crippen molar-refractivity contribution < 1.29 is 0 Å². The highest BCUT2D eigenvalue weighted by molar-refractivity contribution is 5.75. The molecule has 74 valence electrons. The van der Waals surface area contributed by atoms with Crippen LogP contribution < -0.4 is 5.73 Å². The minimum absolute atomic E-state index is 0.789. The topological polar surface area (TPSA) is 38.9 Å². The zero-order valence-corrected chi connectivity index (χ0v) is 8.30. The summed E-state index contributed by atoms with van der Waals surface area (Å²) in [5.41, 5.74) is 8.71. The minimum atomic E-state index is 0.789. The second-order valence-electron chi connectivity index (χ2n) is 3.25. The largest absolute Gasteiger partial charge is 0.398 e. The maximum Gasteiger partial charge on any atom is 0.0387 e. The summed E-state index contributed by atoms with van der Waals surface area (Å²) in [6.07, 6.45) is 7.56. The zero-order valence-electron chi connectivity index (χ0n) is 8.30. The van der Waals surface area contributed by atoms with E-state index in [1.807, 2.05) is 54.7 Å². The Labute approximate surface area is 89.1 Å². The molecule has 2 aromatic rings. The van der Waals surface area contributed by atoms with Gasteiger partial charge >= 0.3 is 0 Å². The van der Waals surface area contributed by atoms with Crippen molar-refractivity contribution in [2.75, 3.05) is 5.73 Å². The first-order valence-electron chi connectivity index (χ1n) is 4.79. The number of rotatable bonds is 2. The third kappa shape index (κ3) is 2.44. The molecule has 1 aromatic heterocycles. The molecule has 2 rings (SSSR count). The second kappa shape index (κ2) is 4.42. The van der Waals surface area contributed by atoms with Gasteiger partial charge in [-0.1, -0.05) is 36.4 Å². The van der Waals surface area contributed by atoms with E-state index in [-0.39, 0.29) is 0 Å². The summed E-state index contributed by atoms with van der Waals surface area (Å²) in [5.74, 6) is 0. The van der Waals surface area contributed by atoms with E-state index < -0.39 is 0 Å². The Kier molecular flexibility index (Phi) is 2.79. The Morgan fingerprint density at radius 1 is 1.00 bits per heavy atom. The van der Waals surface area contributed by atoms with Crippen molar-refractivity contribution in [3.63, 3.8) is 0 Å². The summed E-state index contributed by atoms with van der Waals surface area (Å²) >= 11 is 0. The molecule has 0 atom stereocenters. The summed E-state index contributed by atoms with van der Waals surface area (Å²) in [5, 5.41) is 0. The number of hydrogen-bond donors (Lipinski definition) is 1. The van der Waals surface area contributed by atoms with Gasteiger partial charge in [0, 0.05) is 18.1 Å². The van der Waals surface area contributed by atoms with Gasteiger partial charge in [0.1, 0.15) is 0 Å². The van der Waals surface area contributed by atoms with Crippen molar-refractivity contribution in [1.82, 2.24) is 4.98 Å². The van der Waals surface area contributed by atoms with Crippen LogP contribution >= 0.6 is 0 Å². The van der Waals surface area contributed by atoms with Gasteiger partial charge in [0.15, 0.2) is 0 Å². The molecule has 2 nitrogen and oxygen atoms in total. The van der Waals surface area contributed by atoms with Crippen LogP contribution in [-0.4, -0.2) is 4.98 Å². The highest BCUT2D eigenvalue weighted by Gasteiger charge is 1.91. The molecule has 0 unspecified atom stereocenters. The van der Waals surface area contributed by atoms with Gasteiger partial charge in [0.2, 0.25) is 0 Å². The predicted octanol–water partition coefficient (Wildman–Crippen LogP) is 2.83. The molecule has 2 heteroatoms. The number of nitrogen functional groups attached to an aromatic ring is 1. The fraction of sp³-hybridized carbons (Fsp3) is 0. The van der Waals surface area contributed by atoms with Crippen LogP contribution in [0.3, 0.4) is 0 Å². The van der Waals surface area contributed by atoms with Crippen LogP contribution in [0.25, 0.3) is 12.2 Å². The summed E-state index contributed by atoms with van der Waals surface area (Å²) in [6.45, 7) is 0. The van der Waals surface area contributed by atoms with Crippen molar-refractivity contribution in [2.24, 2.45) is 0 Å². The lowest BCUT2D eigenvalue weighted by Gasteiger charge is -1.98. The van der Waals surface area contributed by atoms with Gasteiger partial charge in [-0.3, -0.25) is 4.98 Å². The minimum Gasteiger partial charge on any atom is -0.398 e. The Bertz CT molecular complexity index is 461. The molecular formula is C13H12N2. The monoisotopic (exact) mass is 196 g/mol. The van der Waals surface area contributed by atoms with Gasteiger partial charge in [0.05, 0.1) is 0 Å². The summed E-state index contributed by atoms with van der Waals surface area (Å²) in [7, 11) is 0. The Morgan fingerprint density at radius 2 is 1.87 bits per heavy atom. The van der Waals surface area contributed by atoms with Crippen LogP contribution in [0.4, 0.5) is 5.69 Å². The van der Waals surface area contributed by atoms with Crippen molar-refractivity contribution >= 4 is 17.8 Å². The summed E-state index contributed by atoms with van der Waals surface area (Å²) in [4.78, 5) is 4.04. The first kappa shape index (κ1) is 9.46. The van der Waals surface area contributed by atoms with Gasteiger partial charge in [-0.25, -0.2) is 0 Å². The van der Waals surface area contributed by atoms with E-state index in [1.165, 1.54) is 0 Å². The van der Waals surface area contributed by atoms with Crippen LogP contribution in [0.5, 0.6) is 0 Å². The van der Waals surface area contributed by atoms with Gasteiger partial charge in [-0.2, -0.15) is 0 Å². The molecule has 0 spiro atoms. The van der Waals surface area contributed by atoms with Crippen molar-refractivity contribution in [1.29, 1.82) is 0 Å². The standard InChI is InChI=1S/C13H12N2/c14-13-6-2-1-5-12(13)8-7-11-4-3-9-15-10-11/h1-10H,14H2/b8-7+. The molecule has 0 aliphatic rings. The second-order valence-corrected chi connectivity index (χ2v) is 3.25. The third-order valence-corrected chi connectivity index (χ3v) is 2.14. The average Bonchev–Trinajstić information content (AvgIpc) is 2.29. The number of hydrogen-bond acceptors (Lipinski definition) is 2. The number of para-hydroxylation sites is 1. The fourth-order valence-corrected chi connectivity index (χ4v) is 1.32.